The zero-order chi connectivity index (χ0) is 76.0. The Labute approximate surface area is 665 Å². The van der Waals surface area contributed by atoms with E-state index in [9.17, 15) is 0 Å². The fourth-order valence-electron chi connectivity index (χ4n) is 19.3. The number of anilines is 6. The Balaban J connectivity index is 0.782. The van der Waals surface area contributed by atoms with Gasteiger partial charge in [-0.05, 0) is 241 Å². The maximum absolute atomic E-state index is 7.79. The highest BCUT2D eigenvalue weighted by atomic mass is 16.3. The van der Waals surface area contributed by atoms with Crippen LogP contribution in [-0.4, -0.2) is 9.97 Å². The molecule has 0 fully saturated rings. The van der Waals surface area contributed by atoms with Crippen LogP contribution >= 0.6 is 0 Å². The maximum Gasteiger partial charge on any atom is 0.138 e. The standard InChI is InChI=1S/C109H72N4O2/c1-109(2)96-41-22-21-39-88(96)91-56-75(46-49-97(91)109)98-59-72(52-53-110-98)78-58-93-95-63-82(113(80-33-13-6-14-34-80)104-51-47-76(66-111-104)67-24-7-3-8-25-67)65-103-108(95)107-94(62-81(64-102(107)115-103)112(79-31-11-5-12-32-79)99-50-48-84(70-26-9-4-10-27-70)86-37-19-20-40-89(86)99)92-57-77(60-100-105(92)106(93)101(61-78)114-100)69-44-42-68(43-45-69)71-29-23-30-73(54-71)90-55-74-28-15-16-35-83(74)85-36-17-18-38-87(85)90/h3-66,88,96H,1-2H3. The number of hydrogen-bond donors (Lipinski definition) is 0. The smallest absolute Gasteiger partial charge is 0.138 e. The van der Waals surface area contributed by atoms with Crippen LogP contribution in [0.15, 0.2) is 397 Å². The zero-order valence-electron chi connectivity index (χ0n) is 63.2. The summed E-state index contributed by atoms with van der Waals surface area (Å²) in [5.74, 6) is 1.45. The van der Waals surface area contributed by atoms with Crippen LogP contribution in [0.4, 0.5) is 34.3 Å². The summed E-state index contributed by atoms with van der Waals surface area (Å²) in [5, 5.41) is 15.4. The Morgan fingerprint density at radius 3 is 1.47 bits per heavy atom. The summed E-state index contributed by atoms with van der Waals surface area (Å²) in [7, 11) is 0. The molecule has 4 heterocycles. The van der Waals surface area contributed by atoms with Crippen molar-refractivity contribution in [3.8, 4) is 78.0 Å². The Morgan fingerprint density at radius 2 is 0.800 bits per heavy atom. The van der Waals surface area contributed by atoms with Gasteiger partial charge < -0.3 is 13.7 Å². The Bertz CT molecular complexity index is 7550. The highest BCUT2D eigenvalue weighted by Gasteiger charge is 2.44. The Morgan fingerprint density at radius 1 is 0.296 bits per heavy atom. The SMILES string of the molecule is CC1(C)c2ccc(-c3cc(-c4cc5oc6cc(-c7ccc(-c8cccc(-c9cc%10ccccc%10c%10ccccc9%10)c8)cc7)cc7c8cc(N(c9ccccc9)c9ccc(-c%10ccccc%10)c%10ccccc9%10)cc9oc%10cc(N(c%11ccccc%11)c%11ccc(-c%12ccccc%12)cn%11)cc(c(c4)c5c67)c%10c98)ccn3)cc2C2C=CC=CC21. The van der Waals surface area contributed by atoms with Crippen molar-refractivity contribution in [3.05, 3.63) is 400 Å². The molecule has 0 N–H and O–H groups in total. The number of allylic oxidation sites excluding steroid dienone is 4. The third kappa shape index (κ3) is 10.8. The minimum absolute atomic E-state index is 0.00756. The third-order valence-corrected chi connectivity index (χ3v) is 24.7. The van der Waals surface area contributed by atoms with Crippen molar-refractivity contribution in [2.24, 2.45) is 5.92 Å². The van der Waals surface area contributed by atoms with Crippen molar-refractivity contribution in [1.82, 2.24) is 9.97 Å². The lowest BCUT2D eigenvalue weighted by molar-refractivity contribution is 0.394. The van der Waals surface area contributed by atoms with Gasteiger partial charge in [0.15, 0.2) is 0 Å². The molecule has 115 heavy (non-hydrogen) atoms. The lowest BCUT2D eigenvalue weighted by atomic mass is 9.74. The molecule has 6 heteroatoms. The highest BCUT2D eigenvalue weighted by molar-refractivity contribution is 6.38. The molecule has 0 radical (unpaired) electrons. The van der Waals surface area contributed by atoms with Crippen LogP contribution in [0, 0.1) is 5.92 Å². The van der Waals surface area contributed by atoms with Crippen molar-refractivity contribution >= 4 is 132 Å². The molecule has 23 rings (SSSR count). The summed E-state index contributed by atoms with van der Waals surface area (Å²) < 4.78 is 15.5. The summed E-state index contributed by atoms with van der Waals surface area (Å²) in [6.07, 6.45) is 13.2. The van der Waals surface area contributed by atoms with Crippen molar-refractivity contribution in [2.45, 2.75) is 25.2 Å². The van der Waals surface area contributed by atoms with E-state index in [1.54, 1.807) is 0 Å². The van der Waals surface area contributed by atoms with Gasteiger partial charge in [0.1, 0.15) is 28.1 Å². The molecular formula is C109H72N4O2. The van der Waals surface area contributed by atoms with Crippen LogP contribution in [0.1, 0.15) is 30.9 Å². The molecule has 2 atom stereocenters. The van der Waals surface area contributed by atoms with E-state index in [-0.39, 0.29) is 5.41 Å². The molecule has 0 bridgehead atoms. The summed E-state index contributed by atoms with van der Waals surface area (Å²) in [6, 6.07) is 128. The summed E-state index contributed by atoms with van der Waals surface area (Å²) in [4.78, 5) is 15.2. The molecule has 4 aromatic heterocycles. The molecule has 2 unspecified atom stereocenters. The van der Waals surface area contributed by atoms with Crippen LogP contribution in [0.5, 0.6) is 0 Å². The number of rotatable bonds is 13. The quantitative estimate of drug-likeness (QED) is 0.107. The normalized spacial score (nSPS) is 14.3. The zero-order valence-corrected chi connectivity index (χ0v) is 63.2. The first-order valence-electron chi connectivity index (χ1n) is 39.7. The molecule has 0 aliphatic heterocycles. The Kier molecular flexibility index (Phi) is 15.1. The van der Waals surface area contributed by atoms with Gasteiger partial charge in [0.2, 0.25) is 0 Å². The van der Waals surface area contributed by atoms with Gasteiger partial charge in [-0.3, -0.25) is 9.88 Å². The number of fused-ring (bicyclic) bond motifs is 9. The largest absolute Gasteiger partial charge is 0.456 e. The van der Waals surface area contributed by atoms with Gasteiger partial charge in [-0.1, -0.05) is 269 Å². The van der Waals surface area contributed by atoms with Crippen LogP contribution in [0.25, 0.3) is 176 Å². The van der Waals surface area contributed by atoms with Gasteiger partial charge in [-0.15, -0.1) is 0 Å². The van der Waals surface area contributed by atoms with E-state index >= 15 is 0 Å². The van der Waals surface area contributed by atoms with E-state index in [2.05, 4.69) is 400 Å². The van der Waals surface area contributed by atoms with Gasteiger partial charge in [-0.25, -0.2) is 4.98 Å². The Hall–Kier alpha value is -14.7. The second-order valence-corrected chi connectivity index (χ2v) is 31.5. The lowest BCUT2D eigenvalue weighted by Crippen LogP contribution is -2.24. The average molecular weight is 1470 g/mol. The molecular weight excluding hydrogens is 1400 g/mol. The maximum atomic E-state index is 7.79. The lowest BCUT2D eigenvalue weighted by Gasteiger charge is -2.29. The number of aromatic nitrogens is 2. The van der Waals surface area contributed by atoms with E-state index in [1.165, 1.54) is 49.4 Å². The molecule has 21 aromatic rings. The average Bonchev–Trinajstić information content (AvgIpc) is 1.56. The number of hydrogen-bond acceptors (Lipinski definition) is 6. The van der Waals surface area contributed by atoms with Gasteiger partial charge >= 0.3 is 0 Å². The fraction of sp³-hybridized carbons (Fsp3) is 0.0459. The summed E-state index contributed by atoms with van der Waals surface area (Å²) in [6.45, 7) is 4.78. The van der Waals surface area contributed by atoms with Crippen LogP contribution in [-0.2, 0) is 5.41 Å². The van der Waals surface area contributed by atoms with Crippen LogP contribution in [0.3, 0.4) is 0 Å². The molecule has 0 saturated heterocycles. The van der Waals surface area contributed by atoms with E-state index in [1.807, 2.05) is 12.4 Å². The van der Waals surface area contributed by atoms with Crippen LogP contribution in [0.2, 0.25) is 0 Å². The van der Waals surface area contributed by atoms with E-state index < -0.39 is 0 Å². The number of benzene rings is 16. The van der Waals surface area contributed by atoms with Crippen molar-refractivity contribution in [3.63, 3.8) is 0 Å². The monoisotopic (exact) mass is 1470 g/mol. The molecule has 540 valence electrons. The molecule has 2 aliphatic carbocycles. The number of nitrogens with zero attached hydrogens (tertiary/aromatic N) is 4. The van der Waals surface area contributed by atoms with E-state index in [0.717, 1.165) is 172 Å². The van der Waals surface area contributed by atoms with E-state index in [4.69, 9.17) is 18.8 Å². The number of furan rings is 2. The second-order valence-electron chi connectivity index (χ2n) is 31.5. The van der Waals surface area contributed by atoms with Crippen molar-refractivity contribution in [2.75, 3.05) is 9.80 Å². The minimum Gasteiger partial charge on any atom is -0.456 e. The third-order valence-electron chi connectivity index (χ3n) is 24.7. The summed E-state index contributed by atoms with van der Waals surface area (Å²) >= 11 is 0. The second kappa shape index (κ2) is 26.2. The summed E-state index contributed by atoms with van der Waals surface area (Å²) in [5.41, 5.74) is 25.8. The topological polar surface area (TPSA) is 58.5 Å². The van der Waals surface area contributed by atoms with Crippen LogP contribution < -0.4 is 9.80 Å². The molecule has 0 spiro atoms. The predicted molar refractivity (Wildman–Crippen MR) is 480 cm³/mol. The van der Waals surface area contributed by atoms with E-state index in [0.29, 0.717) is 11.8 Å². The van der Waals surface area contributed by atoms with Gasteiger partial charge in [0.25, 0.3) is 0 Å². The molecule has 0 amide bonds. The molecule has 17 aromatic carbocycles. The van der Waals surface area contributed by atoms with Crippen molar-refractivity contribution < 1.29 is 8.83 Å². The molecule has 6 nitrogen and oxygen atoms in total. The first-order chi connectivity index (χ1) is 56.7. The number of pyridine rings is 2. The minimum atomic E-state index is -0.00756. The molecule has 0 saturated carbocycles. The fourth-order valence-corrected chi connectivity index (χ4v) is 19.3. The van der Waals surface area contributed by atoms with Gasteiger partial charge in [-0.2, -0.15) is 0 Å². The first-order valence-corrected chi connectivity index (χ1v) is 39.7. The van der Waals surface area contributed by atoms with Gasteiger partial charge in [0.05, 0.1) is 22.8 Å². The predicted octanol–water partition coefficient (Wildman–Crippen LogP) is 30.2. The van der Waals surface area contributed by atoms with Crippen molar-refractivity contribution in [1.29, 1.82) is 0 Å². The first kappa shape index (κ1) is 66.1. The molecule has 2 aliphatic rings. The number of para-hydroxylation sites is 2. The van der Waals surface area contributed by atoms with Gasteiger partial charge in [0, 0.05) is 79.9 Å². The highest BCUT2D eigenvalue weighted by Crippen LogP contribution is 2.56.